The van der Waals surface area contributed by atoms with Gasteiger partial charge in [0, 0.05) is 43.0 Å². The van der Waals surface area contributed by atoms with Crippen molar-refractivity contribution in [2.24, 2.45) is 7.05 Å². The van der Waals surface area contributed by atoms with Gasteiger partial charge in [-0.1, -0.05) is 5.16 Å². The molecule has 1 amide bonds. The molecule has 1 aliphatic rings. The van der Waals surface area contributed by atoms with E-state index in [4.69, 9.17) is 4.52 Å². The van der Waals surface area contributed by atoms with Crippen molar-refractivity contribution >= 4 is 17.0 Å². The number of likely N-dealkylation sites (tertiary alicyclic amines) is 1. The molecule has 1 atom stereocenters. The Morgan fingerprint density at radius 3 is 2.82 bits per heavy atom. The summed E-state index contributed by atoms with van der Waals surface area (Å²) in [5.74, 6) is -0.233. The van der Waals surface area contributed by atoms with Crippen LogP contribution in [0.15, 0.2) is 16.8 Å². The second-order valence-corrected chi connectivity index (χ2v) is 7.24. The van der Waals surface area contributed by atoms with Crippen LogP contribution in [0.1, 0.15) is 58.2 Å². The third-order valence-corrected chi connectivity index (χ3v) is 5.50. The maximum absolute atomic E-state index is 13.6. The Balaban J connectivity index is 1.65. The van der Waals surface area contributed by atoms with Gasteiger partial charge in [-0.05, 0) is 32.8 Å². The Morgan fingerprint density at radius 2 is 2.14 bits per heavy atom. The van der Waals surface area contributed by atoms with Gasteiger partial charge in [0.05, 0.1) is 22.8 Å². The van der Waals surface area contributed by atoms with E-state index in [1.807, 2.05) is 6.92 Å². The molecule has 9 heteroatoms. The monoisotopic (exact) mass is 389 g/mol. The van der Waals surface area contributed by atoms with E-state index in [0.717, 1.165) is 18.5 Å². The molecule has 1 aliphatic heterocycles. The Morgan fingerprint density at radius 1 is 1.36 bits per heavy atom. The van der Waals surface area contributed by atoms with Gasteiger partial charge < -0.3 is 9.42 Å². The molecule has 0 saturated carbocycles. The SMILES string of the molecule is Cc1noc2nc(C3CCCN(C(=O)c4cnn(C)c4C)C3)cc(C(F)F)c12. The predicted molar refractivity (Wildman–Crippen MR) is 97.3 cm³/mol. The maximum atomic E-state index is 13.6. The number of hydrogen-bond acceptors (Lipinski definition) is 5. The van der Waals surface area contributed by atoms with Crippen molar-refractivity contribution in [2.75, 3.05) is 13.1 Å². The summed E-state index contributed by atoms with van der Waals surface area (Å²) in [6, 6.07) is 1.44. The first-order valence-electron chi connectivity index (χ1n) is 9.19. The van der Waals surface area contributed by atoms with Gasteiger partial charge in [0.1, 0.15) is 0 Å². The number of nitrogens with zero attached hydrogens (tertiary/aromatic N) is 5. The number of pyridine rings is 1. The molecule has 3 aromatic heterocycles. The van der Waals surface area contributed by atoms with Gasteiger partial charge in [0.2, 0.25) is 0 Å². The largest absolute Gasteiger partial charge is 0.338 e. The number of piperidine rings is 1. The molecule has 1 saturated heterocycles. The van der Waals surface area contributed by atoms with Crippen molar-refractivity contribution in [3.05, 3.63) is 40.5 Å². The first-order chi connectivity index (χ1) is 13.4. The Bertz CT molecular complexity index is 1040. The van der Waals surface area contributed by atoms with E-state index in [1.54, 1.807) is 29.7 Å². The second-order valence-electron chi connectivity index (χ2n) is 7.24. The van der Waals surface area contributed by atoms with Crippen LogP contribution in [0.4, 0.5) is 8.78 Å². The van der Waals surface area contributed by atoms with E-state index >= 15 is 0 Å². The third kappa shape index (κ3) is 3.04. The summed E-state index contributed by atoms with van der Waals surface area (Å²) in [6.07, 6.45) is 0.457. The highest BCUT2D eigenvalue weighted by Gasteiger charge is 2.30. The average molecular weight is 389 g/mol. The highest BCUT2D eigenvalue weighted by molar-refractivity contribution is 5.95. The van der Waals surface area contributed by atoms with Crippen LogP contribution >= 0.6 is 0 Å². The van der Waals surface area contributed by atoms with E-state index in [9.17, 15) is 13.6 Å². The lowest BCUT2D eigenvalue weighted by Gasteiger charge is -2.32. The zero-order valence-corrected chi connectivity index (χ0v) is 15.9. The maximum Gasteiger partial charge on any atom is 0.264 e. The van der Waals surface area contributed by atoms with Crippen molar-refractivity contribution in [1.82, 2.24) is 24.8 Å². The summed E-state index contributed by atoms with van der Waals surface area (Å²) < 4.78 is 34.0. The van der Waals surface area contributed by atoms with Crippen molar-refractivity contribution in [2.45, 2.75) is 39.0 Å². The van der Waals surface area contributed by atoms with Crippen LogP contribution in [0.3, 0.4) is 0 Å². The van der Waals surface area contributed by atoms with Crippen molar-refractivity contribution in [1.29, 1.82) is 0 Å². The Labute approximate surface area is 160 Å². The van der Waals surface area contributed by atoms with Gasteiger partial charge in [-0.25, -0.2) is 13.8 Å². The fraction of sp³-hybridized carbons (Fsp3) is 0.474. The minimum absolute atomic E-state index is 0.0963. The highest BCUT2D eigenvalue weighted by Crippen LogP contribution is 2.34. The molecule has 4 heterocycles. The topological polar surface area (TPSA) is 77.1 Å². The van der Waals surface area contributed by atoms with Crippen LogP contribution in [0, 0.1) is 13.8 Å². The Kier molecular flexibility index (Phi) is 4.60. The van der Waals surface area contributed by atoms with Crippen LogP contribution < -0.4 is 0 Å². The quantitative estimate of drug-likeness (QED) is 0.685. The molecular formula is C19H21F2N5O2. The summed E-state index contributed by atoms with van der Waals surface area (Å²) in [5, 5.41) is 8.18. The number of amides is 1. The number of rotatable bonds is 3. The first kappa shape index (κ1) is 18.5. The van der Waals surface area contributed by atoms with Crippen LogP contribution in [-0.4, -0.2) is 43.8 Å². The van der Waals surface area contributed by atoms with Crippen LogP contribution in [0.2, 0.25) is 0 Å². The van der Waals surface area contributed by atoms with Crippen molar-refractivity contribution in [3.63, 3.8) is 0 Å². The summed E-state index contributed by atoms with van der Waals surface area (Å²) >= 11 is 0. The lowest BCUT2D eigenvalue weighted by molar-refractivity contribution is 0.0704. The molecule has 0 bridgehead atoms. The van der Waals surface area contributed by atoms with Crippen molar-refractivity contribution in [3.8, 4) is 0 Å². The Hall–Kier alpha value is -2.84. The average Bonchev–Trinajstić information content (AvgIpc) is 3.23. The van der Waals surface area contributed by atoms with E-state index in [2.05, 4.69) is 15.2 Å². The molecule has 0 N–H and O–H groups in total. The molecule has 1 fully saturated rings. The molecule has 1 unspecified atom stereocenters. The molecule has 148 valence electrons. The van der Waals surface area contributed by atoms with E-state index in [-0.39, 0.29) is 28.5 Å². The highest BCUT2D eigenvalue weighted by atomic mass is 19.3. The smallest absolute Gasteiger partial charge is 0.264 e. The molecule has 3 aromatic rings. The van der Waals surface area contributed by atoms with Crippen LogP contribution in [0.5, 0.6) is 0 Å². The number of aromatic nitrogens is 4. The lowest BCUT2D eigenvalue weighted by atomic mass is 9.92. The second kappa shape index (κ2) is 6.96. The van der Waals surface area contributed by atoms with Crippen LogP contribution in [-0.2, 0) is 7.05 Å². The molecule has 7 nitrogen and oxygen atoms in total. The first-order valence-corrected chi connectivity index (χ1v) is 9.19. The number of fused-ring (bicyclic) bond motifs is 1. The molecule has 0 spiro atoms. The molecular weight excluding hydrogens is 368 g/mol. The van der Waals surface area contributed by atoms with Gasteiger partial charge in [-0.3, -0.25) is 9.48 Å². The number of carbonyl (C=O) groups excluding carboxylic acids is 1. The minimum Gasteiger partial charge on any atom is -0.338 e. The van der Waals surface area contributed by atoms with Crippen LogP contribution in [0.25, 0.3) is 11.1 Å². The zero-order chi connectivity index (χ0) is 20.0. The summed E-state index contributed by atoms with van der Waals surface area (Å²) in [4.78, 5) is 19.1. The van der Waals surface area contributed by atoms with Crippen molar-refractivity contribution < 1.29 is 18.1 Å². The molecule has 0 aliphatic carbocycles. The lowest BCUT2D eigenvalue weighted by Crippen LogP contribution is -2.39. The van der Waals surface area contributed by atoms with E-state index < -0.39 is 6.43 Å². The normalized spacial score (nSPS) is 17.6. The molecule has 0 radical (unpaired) electrons. The zero-order valence-electron chi connectivity index (χ0n) is 15.9. The molecule has 0 aromatic carbocycles. The number of aryl methyl sites for hydroxylation is 2. The summed E-state index contributed by atoms with van der Waals surface area (Å²) in [5.41, 5.74) is 2.27. The third-order valence-electron chi connectivity index (χ3n) is 5.50. The molecule has 4 rings (SSSR count). The van der Waals surface area contributed by atoms with E-state index in [0.29, 0.717) is 30.0 Å². The summed E-state index contributed by atoms with van der Waals surface area (Å²) in [7, 11) is 1.79. The van der Waals surface area contributed by atoms with Gasteiger partial charge in [-0.15, -0.1) is 0 Å². The van der Waals surface area contributed by atoms with Gasteiger partial charge >= 0.3 is 0 Å². The number of alkyl halides is 2. The fourth-order valence-corrected chi connectivity index (χ4v) is 3.81. The van der Waals surface area contributed by atoms with Gasteiger partial charge in [0.15, 0.2) is 0 Å². The number of hydrogen-bond donors (Lipinski definition) is 0. The number of carbonyl (C=O) groups is 1. The predicted octanol–water partition coefficient (Wildman–Crippen LogP) is 3.53. The van der Waals surface area contributed by atoms with Gasteiger partial charge in [0.25, 0.3) is 18.0 Å². The van der Waals surface area contributed by atoms with E-state index in [1.165, 1.54) is 6.07 Å². The summed E-state index contributed by atoms with van der Waals surface area (Å²) in [6.45, 7) is 4.51. The van der Waals surface area contributed by atoms with Gasteiger partial charge in [-0.2, -0.15) is 5.10 Å². The fourth-order valence-electron chi connectivity index (χ4n) is 3.81. The standard InChI is InChI=1S/C19H21F2N5O2/c1-10-16-13(17(20)21)7-15(23-18(16)28-24-10)12-5-4-6-26(9-12)19(27)14-8-22-25(3)11(14)2/h7-8,12,17H,4-6,9H2,1-3H3. The number of halogens is 2. The minimum atomic E-state index is -2.65. The molecule has 28 heavy (non-hydrogen) atoms.